The van der Waals surface area contributed by atoms with Crippen molar-refractivity contribution >= 4 is 43.6 Å². The highest BCUT2D eigenvalue weighted by Gasteiger charge is 2.33. The molecule has 0 aliphatic heterocycles. The molecule has 0 atom stereocenters. The molecule has 0 saturated carbocycles. The number of rotatable bonds is 5. The Labute approximate surface area is 341 Å². The number of hydrogen-bond donors (Lipinski definition) is 0. The van der Waals surface area contributed by atoms with Crippen LogP contribution in [0.4, 0.5) is 13.2 Å². The third kappa shape index (κ3) is 5.93. The average molecular weight is 792 g/mol. The van der Waals surface area contributed by atoms with E-state index in [9.17, 15) is 18.4 Å². The molecule has 9 nitrogen and oxygen atoms in total. The number of fused-ring (bicyclic) bond motifs is 6. The molecule has 0 aliphatic rings. The minimum atomic E-state index is -4.67. The standard InChI is InChI=1S/C48H32F3N9/c1-26-53-27(2)56-46(55-26)30-16-19-41-36(22-30)34-11-5-7-13-39(34)59(41)43-21-18-33(48(49,50)51)24-38(43)45-32(25-52)10-9-15-44(45)60-40-14-8-6-12-35(40)37-23-31(17-20-42(37)60)47-57-28(3)54-29(4)58-47/h5-24H,1-4H3. The van der Waals surface area contributed by atoms with Crippen molar-refractivity contribution in [2.75, 3.05) is 0 Å². The van der Waals surface area contributed by atoms with Crippen LogP contribution in [-0.2, 0) is 6.18 Å². The molecule has 0 bridgehead atoms. The van der Waals surface area contributed by atoms with Crippen molar-refractivity contribution in [1.29, 1.82) is 5.26 Å². The predicted molar refractivity (Wildman–Crippen MR) is 227 cm³/mol. The topological polar surface area (TPSA) is 111 Å². The van der Waals surface area contributed by atoms with Crippen LogP contribution in [0.2, 0.25) is 0 Å². The zero-order chi connectivity index (χ0) is 41.4. The second-order valence-corrected chi connectivity index (χ2v) is 14.7. The van der Waals surface area contributed by atoms with Gasteiger partial charge in [0.15, 0.2) is 11.6 Å². The van der Waals surface area contributed by atoms with Gasteiger partial charge in [0.25, 0.3) is 0 Å². The fourth-order valence-electron chi connectivity index (χ4n) is 8.44. The van der Waals surface area contributed by atoms with E-state index in [0.29, 0.717) is 51.9 Å². The van der Waals surface area contributed by atoms with E-state index in [-0.39, 0.29) is 11.1 Å². The van der Waals surface area contributed by atoms with Crippen LogP contribution < -0.4 is 0 Å². The van der Waals surface area contributed by atoms with E-state index in [4.69, 9.17) is 0 Å². The van der Waals surface area contributed by atoms with Gasteiger partial charge in [-0.2, -0.15) is 18.4 Å². The van der Waals surface area contributed by atoms with Crippen LogP contribution in [0.1, 0.15) is 34.4 Å². The molecule has 290 valence electrons. The van der Waals surface area contributed by atoms with Crippen molar-refractivity contribution in [2.45, 2.75) is 33.9 Å². The number of halogens is 3. The van der Waals surface area contributed by atoms with Gasteiger partial charge in [0, 0.05) is 43.8 Å². The summed E-state index contributed by atoms with van der Waals surface area (Å²) in [7, 11) is 0. The molecule has 0 N–H and O–H groups in total. The summed E-state index contributed by atoms with van der Waals surface area (Å²) in [5.74, 6) is 3.46. The molecule has 4 heterocycles. The molecule has 0 aliphatic carbocycles. The fraction of sp³-hybridized carbons (Fsp3) is 0.104. The molecule has 12 heteroatoms. The van der Waals surface area contributed by atoms with Crippen LogP contribution in [0, 0.1) is 39.0 Å². The Bertz CT molecular complexity index is 3410. The largest absolute Gasteiger partial charge is 0.416 e. The van der Waals surface area contributed by atoms with E-state index in [1.165, 1.54) is 6.07 Å². The summed E-state index contributed by atoms with van der Waals surface area (Å²) in [6, 6.07) is 38.8. The lowest BCUT2D eigenvalue weighted by Crippen LogP contribution is -2.08. The van der Waals surface area contributed by atoms with Gasteiger partial charge in [0.2, 0.25) is 0 Å². The third-order valence-electron chi connectivity index (χ3n) is 10.8. The van der Waals surface area contributed by atoms with Crippen molar-refractivity contribution in [3.8, 4) is 51.3 Å². The minimum absolute atomic E-state index is 0.218. The summed E-state index contributed by atoms with van der Waals surface area (Å²) in [6.45, 7) is 7.28. The van der Waals surface area contributed by atoms with Gasteiger partial charge < -0.3 is 9.13 Å². The molecule has 0 amide bonds. The molecular weight excluding hydrogens is 760 g/mol. The summed E-state index contributed by atoms with van der Waals surface area (Å²) in [5, 5.41) is 14.3. The van der Waals surface area contributed by atoms with E-state index in [0.717, 1.165) is 66.9 Å². The molecule has 6 aromatic carbocycles. The number of hydrogen-bond acceptors (Lipinski definition) is 7. The van der Waals surface area contributed by atoms with Gasteiger partial charge in [-0.25, -0.2) is 29.9 Å². The van der Waals surface area contributed by atoms with Gasteiger partial charge in [-0.05, 0) is 107 Å². The van der Waals surface area contributed by atoms with Gasteiger partial charge in [-0.15, -0.1) is 0 Å². The summed E-state index contributed by atoms with van der Waals surface area (Å²) in [5.41, 5.74) is 5.71. The Hall–Kier alpha value is -7.78. The first kappa shape index (κ1) is 36.6. The van der Waals surface area contributed by atoms with Gasteiger partial charge >= 0.3 is 6.18 Å². The highest BCUT2D eigenvalue weighted by atomic mass is 19.4. The van der Waals surface area contributed by atoms with Crippen LogP contribution >= 0.6 is 0 Å². The van der Waals surface area contributed by atoms with Crippen LogP contribution in [0.25, 0.3) is 88.9 Å². The lowest BCUT2D eigenvalue weighted by Gasteiger charge is -2.21. The smallest absolute Gasteiger partial charge is 0.309 e. The molecule has 0 spiro atoms. The molecular formula is C48H32F3N9. The minimum Gasteiger partial charge on any atom is -0.309 e. The van der Waals surface area contributed by atoms with E-state index in [2.05, 4.69) is 36.0 Å². The third-order valence-corrected chi connectivity index (χ3v) is 10.8. The predicted octanol–water partition coefficient (Wildman–Crippen LogP) is 11.4. The second kappa shape index (κ2) is 13.7. The zero-order valence-electron chi connectivity index (χ0n) is 32.7. The highest BCUT2D eigenvalue weighted by molar-refractivity contribution is 6.12. The normalized spacial score (nSPS) is 11.9. The Balaban J connectivity index is 1.27. The van der Waals surface area contributed by atoms with Crippen molar-refractivity contribution in [1.82, 2.24) is 39.0 Å². The summed E-state index contributed by atoms with van der Waals surface area (Å²) in [6.07, 6.45) is -4.67. The maximum Gasteiger partial charge on any atom is 0.416 e. The SMILES string of the molecule is Cc1nc(C)nc(-c2ccc3c(c2)c2ccccc2n3-c2ccc(C(F)(F)F)cc2-c2c(C#N)cccc2-n2c3ccccc3c3cc(-c4nc(C)nc(C)n4)ccc32)n1. The van der Waals surface area contributed by atoms with Crippen LogP contribution in [-0.4, -0.2) is 39.0 Å². The molecule has 60 heavy (non-hydrogen) atoms. The lowest BCUT2D eigenvalue weighted by atomic mass is 9.94. The lowest BCUT2D eigenvalue weighted by molar-refractivity contribution is -0.137. The molecule has 0 unspecified atom stereocenters. The van der Waals surface area contributed by atoms with E-state index < -0.39 is 11.7 Å². The zero-order valence-corrected chi connectivity index (χ0v) is 32.7. The molecule has 0 radical (unpaired) electrons. The number of alkyl halides is 3. The number of aryl methyl sites for hydroxylation is 4. The fourth-order valence-corrected chi connectivity index (χ4v) is 8.44. The van der Waals surface area contributed by atoms with Crippen molar-refractivity contribution in [3.63, 3.8) is 0 Å². The quantitative estimate of drug-likeness (QED) is 0.171. The average Bonchev–Trinajstić information content (AvgIpc) is 3.74. The Kier molecular flexibility index (Phi) is 8.33. The van der Waals surface area contributed by atoms with Crippen LogP contribution in [0.15, 0.2) is 121 Å². The van der Waals surface area contributed by atoms with Crippen molar-refractivity contribution < 1.29 is 13.2 Å². The van der Waals surface area contributed by atoms with E-state index in [1.54, 1.807) is 12.1 Å². The summed E-state index contributed by atoms with van der Waals surface area (Å²) < 4.78 is 48.5. The Morgan fingerprint density at radius 2 is 0.967 bits per heavy atom. The Morgan fingerprint density at radius 3 is 1.47 bits per heavy atom. The summed E-state index contributed by atoms with van der Waals surface area (Å²) >= 11 is 0. The molecule has 0 saturated heterocycles. The van der Waals surface area contributed by atoms with E-state index >= 15 is 0 Å². The van der Waals surface area contributed by atoms with Gasteiger partial charge in [-0.3, -0.25) is 0 Å². The first-order chi connectivity index (χ1) is 29.0. The second-order valence-electron chi connectivity index (χ2n) is 14.7. The number of para-hydroxylation sites is 2. The first-order valence-electron chi connectivity index (χ1n) is 19.2. The number of nitrogens with zero attached hydrogens (tertiary/aromatic N) is 9. The number of aromatic nitrogens is 8. The summed E-state index contributed by atoms with van der Waals surface area (Å²) in [4.78, 5) is 27.0. The molecule has 10 aromatic rings. The first-order valence-corrected chi connectivity index (χ1v) is 19.2. The van der Waals surface area contributed by atoms with Crippen molar-refractivity contribution in [2.24, 2.45) is 0 Å². The molecule has 0 fully saturated rings. The monoisotopic (exact) mass is 791 g/mol. The molecule has 4 aromatic heterocycles. The van der Waals surface area contributed by atoms with Crippen LogP contribution in [0.5, 0.6) is 0 Å². The highest BCUT2D eigenvalue weighted by Crippen LogP contribution is 2.45. The van der Waals surface area contributed by atoms with Gasteiger partial charge in [0.05, 0.1) is 50.6 Å². The van der Waals surface area contributed by atoms with E-state index in [1.807, 2.05) is 128 Å². The van der Waals surface area contributed by atoms with Gasteiger partial charge in [0.1, 0.15) is 23.3 Å². The molecule has 10 rings (SSSR count). The van der Waals surface area contributed by atoms with Gasteiger partial charge in [-0.1, -0.05) is 42.5 Å². The maximum atomic E-state index is 14.8. The van der Waals surface area contributed by atoms with Crippen molar-refractivity contribution in [3.05, 3.63) is 156 Å². The number of nitriles is 1. The Morgan fingerprint density at radius 1 is 0.483 bits per heavy atom. The maximum absolute atomic E-state index is 14.8. The number of benzene rings is 6. The van der Waals surface area contributed by atoms with Crippen LogP contribution in [0.3, 0.4) is 0 Å².